The molecule has 2 fully saturated rings. The second-order valence-electron chi connectivity index (χ2n) is 5.58. The number of rotatable bonds is 3. The summed E-state index contributed by atoms with van der Waals surface area (Å²) in [6, 6.07) is 7.63. The molecule has 2 aliphatic rings. The van der Waals surface area contributed by atoms with Crippen LogP contribution in [-0.4, -0.2) is 34.0 Å². The van der Waals surface area contributed by atoms with Gasteiger partial charge < -0.3 is 10.0 Å². The summed E-state index contributed by atoms with van der Waals surface area (Å²) in [6.07, 6.45) is 5.64. The van der Waals surface area contributed by atoms with Gasteiger partial charge in [-0.15, -0.1) is 0 Å². The summed E-state index contributed by atoms with van der Waals surface area (Å²) in [5.41, 5.74) is 0.937. The Hall–Kier alpha value is -1.62. The van der Waals surface area contributed by atoms with Crippen molar-refractivity contribution in [3.8, 4) is 0 Å². The molecular formula is C16H16BrNO3. The standard InChI is InChI=1S/C16H16BrNO3/c17-13-4-2-1-3-10(13)5-8-15(19)18-11-6-7-14(18)12(9-11)16(20)21/h1-5,8,11-12,14H,6-7,9H2,(H,20,21). The number of fused-ring (bicyclic) bond motifs is 2. The number of aliphatic carboxylic acids is 1. The summed E-state index contributed by atoms with van der Waals surface area (Å²) in [5.74, 6) is -1.26. The highest BCUT2D eigenvalue weighted by Crippen LogP contribution is 2.41. The molecule has 3 atom stereocenters. The first-order valence-electron chi connectivity index (χ1n) is 7.05. The Morgan fingerprint density at radius 3 is 2.71 bits per heavy atom. The van der Waals surface area contributed by atoms with Gasteiger partial charge in [0.25, 0.3) is 0 Å². The van der Waals surface area contributed by atoms with E-state index in [2.05, 4.69) is 15.9 Å². The maximum atomic E-state index is 12.4. The maximum absolute atomic E-state index is 12.4. The molecule has 3 unspecified atom stereocenters. The summed E-state index contributed by atoms with van der Waals surface area (Å²) in [6.45, 7) is 0. The van der Waals surface area contributed by atoms with Crippen LogP contribution in [0.15, 0.2) is 34.8 Å². The van der Waals surface area contributed by atoms with Gasteiger partial charge in [-0.2, -0.15) is 0 Å². The zero-order valence-corrected chi connectivity index (χ0v) is 13.0. The van der Waals surface area contributed by atoms with Crippen molar-refractivity contribution in [2.24, 2.45) is 5.92 Å². The van der Waals surface area contributed by atoms with Gasteiger partial charge in [0, 0.05) is 22.6 Å². The Morgan fingerprint density at radius 2 is 2.05 bits per heavy atom. The number of carbonyl (C=O) groups is 2. The molecule has 0 aliphatic carbocycles. The predicted molar refractivity (Wildman–Crippen MR) is 82.6 cm³/mol. The van der Waals surface area contributed by atoms with Crippen LogP contribution in [0.4, 0.5) is 0 Å². The van der Waals surface area contributed by atoms with Gasteiger partial charge in [0.15, 0.2) is 0 Å². The number of nitrogens with zero attached hydrogens (tertiary/aromatic N) is 1. The van der Waals surface area contributed by atoms with Crippen LogP contribution in [0.5, 0.6) is 0 Å². The summed E-state index contributed by atoms with van der Waals surface area (Å²) < 4.78 is 0.932. The molecule has 3 rings (SSSR count). The van der Waals surface area contributed by atoms with Crippen LogP contribution in [0, 0.1) is 5.92 Å². The van der Waals surface area contributed by atoms with Gasteiger partial charge in [-0.1, -0.05) is 34.1 Å². The molecule has 1 amide bonds. The van der Waals surface area contributed by atoms with Crippen LogP contribution in [0.1, 0.15) is 24.8 Å². The van der Waals surface area contributed by atoms with Crippen LogP contribution in [0.2, 0.25) is 0 Å². The summed E-state index contributed by atoms with van der Waals surface area (Å²) in [5, 5.41) is 9.22. The molecule has 110 valence electrons. The summed E-state index contributed by atoms with van der Waals surface area (Å²) >= 11 is 3.44. The van der Waals surface area contributed by atoms with Crippen LogP contribution < -0.4 is 0 Å². The van der Waals surface area contributed by atoms with E-state index in [-0.39, 0.29) is 18.0 Å². The quantitative estimate of drug-likeness (QED) is 0.853. The molecule has 1 N–H and O–H groups in total. The maximum Gasteiger partial charge on any atom is 0.308 e. The van der Waals surface area contributed by atoms with Gasteiger partial charge >= 0.3 is 5.97 Å². The number of carboxylic acids is 1. The minimum Gasteiger partial charge on any atom is -0.481 e. The lowest BCUT2D eigenvalue weighted by atomic mass is 9.89. The summed E-state index contributed by atoms with van der Waals surface area (Å²) in [4.78, 5) is 25.4. The van der Waals surface area contributed by atoms with E-state index in [9.17, 15) is 14.7 Å². The zero-order chi connectivity index (χ0) is 15.0. The van der Waals surface area contributed by atoms with Crippen molar-refractivity contribution in [1.82, 2.24) is 4.90 Å². The van der Waals surface area contributed by atoms with E-state index in [4.69, 9.17) is 0 Å². The Bertz CT molecular complexity index is 613. The molecule has 2 saturated heterocycles. The molecule has 2 aliphatic heterocycles. The average Bonchev–Trinajstić information content (AvgIpc) is 3.04. The van der Waals surface area contributed by atoms with Gasteiger partial charge in [-0.25, -0.2) is 0 Å². The van der Waals surface area contributed by atoms with Crippen LogP contribution in [-0.2, 0) is 9.59 Å². The average molecular weight is 350 g/mol. The van der Waals surface area contributed by atoms with E-state index in [0.29, 0.717) is 6.42 Å². The molecule has 2 bridgehead atoms. The van der Waals surface area contributed by atoms with Crippen LogP contribution >= 0.6 is 15.9 Å². The van der Waals surface area contributed by atoms with E-state index in [1.807, 2.05) is 24.3 Å². The lowest BCUT2D eigenvalue weighted by Gasteiger charge is -2.21. The number of halogens is 1. The van der Waals surface area contributed by atoms with E-state index in [0.717, 1.165) is 22.9 Å². The normalized spacial score (nSPS) is 27.5. The first-order chi connectivity index (χ1) is 10.1. The first kappa shape index (κ1) is 14.3. The molecule has 4 nitrogen and oxygen atoms in total. The van der Waals surface area contributed by atoms with Gasteiger partial charge in [-0.3, -0.25) is 9.59 Å². The first-order valence-corrected chi connectivity index (χ1v) is 7.85. The molecule has 2 heterocycles. The van der Waals surface area contributed by atoms with Gasteiger partial charge in [0.2, 0.25) is 5.91 Å². The number of benzene rings is 1. The monoisotopic (exact) mass is 349 g/mol. The molecule has 5 heteroatoms. The second-order valence-corrected chi connectivity index (χ2v) is 6.43. The molecule has 0 radical (unpaired) electrons. The number of hydrogen-bond acceptors (Lipinski definition) is 2. The molecule has 0 aromatic heterocycles. The SMILES string of the molecule is O=C(O)C1CC2CCC1N2C(=O)C=Cc1ccccc1Br. The highest BCUT2D eigenvalue weighted by molar-refractivity contribution is 9.10. The molecule has 0 spiro atoms. The van der Waals surface area contributed by atoms with E-state index in [1.54, 1.807) is 17.1 Å². The highest BCUT2D eigenvalue weighted by atomic mass is 79.9. The largest absolute Gasteiger partial charge is 0.481 e. The minimum absolute atomic E-state index is 0.0815. The third-order valence-corrected chi connectivity index (χ3v) is 5.14. The predicted octanol–water partition coefficient (Wildman–Crippen LogP) is 2.93. The molecular weight excluding hydrogens is 334 g/mol. The van der Waals surface area contributed by atoms with Gasteiger partial charge in [0.1, 0.15) is 0 Å². The number of carbonyl (C=O) groups excluding carboxylic acids is 1. The van der Waals surface area contributed by atoms with Crippen LogP contribution in [0.25, 0.3) is 6.08 Å². The number of amides is 1. The fourth-order valence-corrected chi connectivity index (χ4v) is 3.87. The topological polar surface area (TPSA) is 57.6 Å². The molecule has 0 saturated carbocycles. The van der Waals surface area contributed by atoms with E-state index in [1.165, 1.54) is 0 Å². The van der Waals surface area contributed by atoms with Crippen molar-refractivity contribution in [1.29, 1.82) is 0 Å². The van der Waals surface area contributed by atoms with Crippen molar-refractivity contribution >= 4 is 33.9 Å². The lowest BCUT2D eigenvalue weighted by Crippen LogP contribution is -2.36. The fourth-order valence-electron chi connectivity index (χ4n) is 3.45. The number of carboxylic acid groups (broad SMARTS) is 1. The van der Waals surface area contributed by atoms with Crippen molar-refractivity contribution < 1.29 is 14.7 Å². The molecule has 21 heavy (non-hydrogen) atoms. The Balaban J connectivity index is 1.75. The van der Waals surface area contributed by atoms with Gasteiger partial charge in [0.05, 0.1) is 5.92 Å². The van der Waals surface area contributed by atoms with Gasteiger partial charge in [-0.05, 0) is 37.0 Å². The number of hydrogen-bond donors (Lipinski definition) is 1. The summed E-state index contributed by atoms with van der Waals surface area (Å²) in [7, 11) is 0. The molecule has 1 aromatic carbocycles. The third-order valence-electron chi connectivity index (χ3n) is 4.42. The van der Waals surface area contributed by atoms with E-state index < -0.39 is 11.9 Å². The van der Waals surface area contributed by atoms with Crippen molar-refractivity contribution in [3.63, 3.8) is 0 Å². The lowest BCUT2D eigenvalue weighted by molar-refractivity contribution is -0.143. The Kier molecular flexibility index (Phi) is 3.85. The molecule has 1 aromatic rings. The van der Waals surface area contributed by atoms with E-state index >= 15 is 0 Å². The van der Waals surface area contributed by atoms with Crippen molar-refractivity contribution in [3.05, 3.63) is 40.4 Å². The van der Waals surface area contributed by atoms with Crippen LogP contribution in [0.3, 0.4) is 0 Å². The minimum atomic E-state index is -0.783. The zero-order valence-electron chi connectivity index (χ0n) is 11.4. The third kappa shape index (κ3) is 2.62. The highest BCUT2D eigenvalue weighted by Gasteiger charge is 2.50. The Labute approximate surface area is 131 Å². The smallest absolute Gasteiger partial charge is 0.308 e. The Morgan fingerprint density at radius 1 is 1.29 bits per heavy atom. The van der Waals surface area contributed by atoms with Crippen molar-refractivity contribution in [2.45, 2.75) is 31.3 Å². The second kappa shape index (κ2) is 5.64. The van der Waals surface area contributed by atoms with Crippen molar-refractivity contribution in [2.75, 3.05) is 0 Å². The fraction of sp³-hybridized carbons (Fsp3) is 0.375.